The minimum atomic E-state index is -0.654. The van der Waals surface area contributed by atoms with Gasteiger partial charge >= 0.3 is 0 Å². The van der Waals surface area contributed by atoms with Crippen LogP contribution in [0.3, 0.4) is 0 Å². The van der Waals surface area contributed by atoms with Crippen molar-refractivity contribution in [1.82, 2.24) is 9.96 Å². The molecule has 0 saturated carbocycles. The Balaban J connectivity index is 2.04. The number of fused-ring (bicyclic) bond motifs is 1. The fraction of sp³-hybridized carbons (Fsp3) is 0.500. The van der Waals surface area contributed by atoms with Crippen LogP contribution in [0.1, 0.15) is 16.5 Å². The van der Waals surface area contributed by atoms with Crippen LogP contribution in [0.15, 0.2) is 11.4 Å². The summed E-state index contributed by atoms with van der Waals surface area (Å²) in [6, 6.07) is 1.86. The zero-order valence-electron chi connectivity index (χ0n) is 10.4. The van der Waals surface area contributed by atoms with Crippen molar-refractivity contribution in [3.63, 3.8) is 0 Å². The highest BCUT2D eigenvalue weighted by atomic mass is 32.1. The largest absolute Gasteiger partial charge is 0.284 e. The van der Waals surface area contributed by atoms with Crippen LogP contribution >= 0.6 is 11.3 Å². The van der Waals surface area contributed by atoms with E-state index in [1.54, 1.807) is 23.4 Å². The van der Waals surface area contributed by atoms with Gasteiger partial charge in [-0.1, -0.05) is 0 Å². The van der Waals surface area contributed by atoms with Gasteiger partial charge in [0.05, 0.1) is 12.0 Å². The second-order valence-corrected chi connectivity index (χ2v) is 5.69. The van der Waals surface area contributed by atoms with E-state index in [1.807, 2.05) is 18.4 Å². The summed E-state index contributed by atoms with van der Waals surface area (Å²) in [5, 5.41) is 3.65. The summed E-state index contributed by atoms with van der Waals surface area (Å²) < 4.78 is 0. The highest BCUT2D eigenvalue weighted by Crippen LogP contribution is 2.45. The number of nitrogens with zero attached hydrogens (tertiary/aromatic N) is 2. The van der Waals surface area contributed by atoms with Crippen LogP contribution < -0.4 is 0 Å². The van der Waals surface area contributed by atoms with E-state index in [-0.39, 0.29) is 17.9 Å². The van der Waals surface area contributed by atoms with Gasteiger partial charge in [0.2, 0.25) is 5.91 Å². The Labute approximate surface area is 109 Å². The Hall–Kier alpha value is -1.24. The van der Waals surface area contributed by atoms with E-state index < -0.39 is 12.0 Å². The molecule has 0 radical (unpaired) electrons. The lowest BCUT2D eigenvalue weighted by Gasteiger charge is -2.22. The van der Waals surface area contributed by atoms with Crippen LogP contribution in [0.5, 0.6) is 0 Å². The molecule has 2 amide bonds. The molecule has 1 aromatic rings. The number of rotatable bonds is 1. The summed E-state index contributed by atoms with van der Waals surface area (Å²) >= 11 is 1.60. The maximum Gasteiger partial charge on any atom is 0.261 e. The van der Waals surface area contributed by atoms with Gasteiger partial charge in [-0.05, 0) is 23.9 Å². The third-order valence-electron chi connectivity index (χ3n) is 3.70. The average molecular weight is 266 g/mol. The smallest absolute Gasteiger partial charge is 0.261 e. The number of hydrogen-bond acceptors (Lipinski definition) is 5. The average Bonchev–Trinajstić information content (AvgIpc) is 2.94. The fourth-order valence-corrected chi connectivity index (χ4v) is 3.81. The van der Waals surface area contributed by atoms with Crippen molar-refractivity contribution in [3.05, 3.63) is 21.9 Å². The van der Waals surface area contributed by atoms with Crippen LogP contribution in [0.2, 0.25) is 0 Å². The molecule has 3 heterocycles. The molecule has 0 N–H and O–H groups in total. The van der Waals surface area contributed by atoms with E-state index in [9.17, 15) is 9.59 Å². The molecule has 2 aliphatic heterocycles. The summed E-state index contributed by atoms with van der Waals surface area (Å²) in [5.74, 6) is -0.800. The third kappa shape index (κ3) is 1.39. The number of carbonyl (C=O) groups excluding carboxylic acids is 2. The predicted octanol–water partition coefficient (Wildman–Crippen LogP) is 0.958. The molecule has 2 aliphatic rings. The quantitative estimate of drug-likeness (QED) is 0.710. The van der Waals surface area contributed by atoms with Gasteiger partial charge in [-0.15, -0.1) is 11.3 Å². The third-order valence-corrected chi connectivity index (χ3v) is 4.79. The minimum Gasteiger partial charge on any atom is -0.284 e. The molecule has 2 fully saturated rings. The van der Waals surface area contributed by atoms with Crippen LogP contribution in [0, 0.1) is 12.8 Å². The minimum absolute atomic E-state index is 0.146. The van der Waals surface area contributed by atoms with Crippen LogP contribution in [0.25, 0.3) is 0 Å². The van der Waals surface area contributed by atoms with E-state index in [0.717, 1.165) is 10.4 Å². The van der Waals surface area contributed by atoms with Crippen molar-refractivity contribution in [3.8, 4) is 0 Å². The summed E-state index contributed by atoms with van der Waals surface area (Å²) in [7, 11) is 3.30. The molecule has 5 nitrogen and oxygen atoms in total. The van der Waals surface area contributed by atoms with E-state index in [1.165, 1.54) is 11.9 Å². The van der Waals surface area contributed by atoms with Gasteiger partial charge in [-0.3, -0.25) is 19.3 Å². The van der Waals surface area contributed by atoms with Crippen LogP contribution in [0.4, 0.5) is 0 Å². The summed E-state index contributed by atoms with van der Waals surface area (Å²) in [6.45, 7) is 2.01. The monoisotopic (exact) mass is 266 g/mol. The maximum atomic E-state index is 12.2. The second kappa shape index (κ2) is 3.88. The number of thiophene rings is 1. The van der Waals surface area contributed by atoms with Gasteiger partial charge < -0.3 is 0 Å². The number of amides is 2. The molecule has 0 bridgehead atoms. The Kier molecular flexibility index (Phi) is 2.55. The molecule has 0 spiro atoms. The number of aryl methyl sites for hydroxylation is 1. The highest BCUT2D eigenvalue weighted by Gasteiger charge is 2.58. The SMILES string of the molecule is Cc1ccsc1[C@@H]1[C@H]2C(=O)N(C)C(=O)[C@H]2ON1C. The molecule has 0 aliphatic carbocycles. The lowest BCUT2D eigenvalue weighted by molar-refractivity contribution is -0.168. The molecular formula is C12H14N2O3S. The Bertz CT molecular complexity index is 527. The molecular weight excluding hydrogens is 252 g/mol. The van der Waals surface area contributed by atoms with Gasteiger partial charge in [0.1, 0.15) is 0 Å². The molecule has 0 aromatic carbocycles. The van der Waals surface area contributed by atoms with Gasteiger partial charge in [0.15, 0.2) is 6.10 Å². The summed E-state index contributed by atoms with van der Waals surface area (Å²) in [6.07, 6.45) is -0.654. The Morgan fingerprint density at radius 1 is 1.28 bits per heavy atom. The maximum absolute atomic E-state index is 12.2. The van der Waals surface area contributed by atoms with Crippen molar-refractivity contribution in [2.75, 3.05) is 14.1 Å². The van der Waals surface area contributed by atoms with Gasteiger partial charge in [-0.25, -0.2) is 0 Å². The predicted molar refractivity (Wildman–Crippen MR) is 65.7 cm³/mol. The topological polar surface area (TPSA) is 49.9 Å². The number of hydrogen-bond donors (Lipinski definition) is 0. The van der Waals surface area contributed by atoms with Crippen molar-refractivity contribution >= 4 is 23.2 Å². The van der Waals surface area contributed by atoms with Crippen LogP contribution in [-0.4, -0.2) is 42.0 Å². The molecule has 3 rings (SSSR count). The Morgan fingerprint density at radius 3 is 2.61 bits per heavy atom. The standard InChI is InChI=1S/C12H14N2O3S/c1-6-4-5-18-10(6)8-7-9(17-14(8)3)12(16)13(2)11(7)15/h4-5,7-9H,1-3H3/t7-,8+,9+/m1/s1. The zero-order chi connectivity index (χ0) is 13.0. The lowest BCUT2D eigenvalue weighted by atomic mass is 9.94. The summed E-state index contributed by atoms with van der Waals surface area (Å²) in [5.41, 5.74) is 1.14. The van der Waals surface area contributed by atoms with Crippen molar-refractivity contribution in [1.29, 1.82) is 0 Å². The first-order valence-electron chi connectivity index (χ1n) is 5.77. The molecule has 6 heteroatoms. The van der Waals surface area contributed by atoms with E-state index in [0.29, 0.717) is 0 Å². The molecule has 0 unspecified atom stereocenters. The highest BCUT2D eigenvalue weighted by molar-refractivity contribution is 7.10. The molecule has 1 aromatic heterocycles. The van der Waals surface area contributed by atoms with E-state index >= 15 is 0 Å². The first-order valence-corrected chi connectivity index (χ1v) is 6.65. The molecule has 96 valence electrons. The summed E-state index contributed by atoms with van der Waals surface area (Å²) in [4.78, 5) is 31.9. The lowest BCUT2D eigenvalue weighted by Crippen LogP contribution is -2.33. The first kappa shape index (κ1) is 11.8. The van der Waals surface area contributed by atoms with Gasteiger partial charge in [-0.2, -0.15) is 5.06 Å². The number of hydroxylamine groups is 2. The fourth-order valence-electron chi connectivity index (χ4n) is 2.70. The Morgan fingerprint density at radius 2 is 2.00 bits per heavy atom. The van der Waals surface area contributed by atoms with E-state index in [4.69, 9.17) is 4.84 Å². The van der Waals surface area contributed by atoms with Crippen molar-refractivity contribution in [2.24, 2.45) is 5.92 Å². The van der Waals surface area contributed by atoms with Crippen molar-refractivity contribution < 1.29 is 14.4 Å². The number of imide groups is 1. The van der Waals surface area contributed by atoms with Gasteiger partial charge in [0.25, 0.3) is 5.91 Å². The molecule has 18 heavy (non-hydrogen) atoms. The first-order chi connectivity index (χ1) is 8.52. The molecule has 3 atom stereocenters. The number of carbonyl (C=O) groups is 2. The zero-order valence-corrected chi connectivity index (χ0v) is 11.2. The van der Waals surface area contributed by atoms with Crippen molar-refractivity contribution in [2.45, 2.75) is 19.1 Å². The second-order valence-electron chi connectivity index (χ2n) is 4.75. The normalized spacial score (nSPS) is 32.4. The van der Waals surface area contributed by atoms with E-state index in [2.05, 4.69) is 0 Å². The number of likely N-dealkylation sites (tertiary alicyclic amines) is 1. The van der Waals surface area contributed by atoms with Gasteiger partial charge in [0, 0.05) is 19.0 Å². The van der Waals surface area contributed by atoms with Crippen LogP contribution in [-0.2, 0) is 14.4 Å². The number of likely N-dealkylation sites (N-methyl/N-ethyl adjacent to an activating group) is 1. The molecule has 2 saturated heterocycles.